The minimum absolute atomic E-state index is 0.364. The van der Waals surface area contributed by atoms with Crippen molar-refractivity contribution < 1.29 is 18.0 Å². The Bertz CT molecular complexity index is 351. The molecule has 0 heterocycles. The molecule has 6 heteroatoms. The van der Waals surface area contributed by atoms with Crippen LogP contribution in [0.4, 0.5) is 13.2 Å². The van der Waals surface area contributed by atoms with Crippen LogP contribution in [0.3, 0.4) is 0 Å². The molecule has 1 rings (SSSR count). The average molecular weight is 262 g/mol. The van der Waals surface area contributed by atoms with Gasteiger partial charge in [-0.2, -0.15) is 18.4 Å². The van der Waals surface area contributed by atoms with Crippen LogP contribution < -0.4 is 0 Å². The fraction of sp³-hybridized carbons (Fsp3) is 0.833. The summed E-state index contributed by atoms with van der Waals surface area (Å²) in [6.45, 7) is 1.78. The normalized spacial score (nSPS) is 18.7. The average Bonchev–Trinajstić information content (AvgIpc) is 2.73. The van der Waals surface area contributed by atoms with Crippen molar-refractivity contribution >= 4 is 5.91 Å². The van der Waals surface area contributed by atoms with Gasteiger partial charge >= 0.3 is 6.18 Å². The van der Waals surface area contributed by atoms with Gasteiger partial charge in [0.05, 0.1) is 6.07 Å². The van der Waals surface area contributed by atoms with Gasteiger partial charge in [0.1, 0.15) is 12.0 Å². The second kappa shape index (κ2) is 5.17. The summed E-state index contributed by atoms with van der Waals surface area (Å²) in [7, 11) is 0. The first-order valence-electron chi connectivity index (χ1n) is 6.01. The molecule has 0 N–H and O–H groups in total. The molecule has 1 amide bonds. The summed E-state index contributed by atoms with van der Waals surface area (Å²) in [5.74, 6) is -0.671. The fourth-order valence-corrected chi connectivity index (χ4v) is 2.31. The van der Waals surface area contributed by atoms with Crippen molar-refractivity contribution in [2.75, 3.05) is 6.54 Å². The summed E-state index contributed by atoms with van der Waals surface area (Å²) in [6.07, 6.45) is -2.27. The van der Waals surface area contributed by atoms with Gasteiger partial charge in [0.2, 0.25) is 5.91 Å². The lowest BCUT2D eigenvalue weighted by Crippen LogP contribution is -2.49. The molecular formula is C12H17F3N2O. The standard InChI is InChI=1S/C12H17F3N2O/c1-9(2)17(8-12(13,14)15)10(18)11(7-16)5-3-4-6-11/h9H,3-6,8H2,1-2H3. The number of alkyl halides is 3. The third-order valence-electron chi connectivity index (χ3n) is 3.31. The topological polar surface area (TPSA) is 44.1 Å². The summed E-state index contributed by atoms with van der Waals surface area (Å²) in [4.78, 5) is 13.0. The predicted molar refractivity (Wildman–Crippen MR) is 59.4 cm³/mol. The van der Waals surface area contributed by atoms with E-state index in [-0.39, 0.29) is 0 Å². The number of hydrogen-bond donors (Lipinski definition) is 0. The molecule has 0 saturated heterocycles. The maximum absolute atomic E-state index is 12.5. The van der Waals surface area contributed by atoms with E-state index >= 15 is 0 Å². The Hall–Kier alpha value is -1.25. The zero-order valence-corrected chi connectivity index (χ0v) is 10.5. The monoisotopic (exact) mass is 262 g/mol. The Balaban J connectivity index is 2.93. The van der Waals surface area contributed by atoms with E-state index in [1.165, 1.54) is 13.8 Å². The number of hydrogen-bond acceptors (Lipinski definition) is 2. The third kappa shape index (κ3) is 3.15. The quantitative estimate of drug-likeness (QED) is 0.785. The first kappa shape index (κ1) is 14.8. The van der Waals surface area contributed by atoms with E-state index in [4.69, 9.17) is 5.26 Å². The lowest BCUT2D eigenvalue weighted by Gasteiger charge is -2.33. The van der Waals surface area contributed by atoms with Crippen LogP contribution >= 0.6 is 0 Å². The van der Waals surface area contributed by atoms with Crippen molar-refractivity contribution in [1.29, 1.82) is 5.26 Å². The predicted octanol–water partition coefficient (Wildman–Crippen LogP) is 2.87. The Morgan fingerprint density at radius 3 is 2.22 bits per heavy atom. The second-order valence-electron chi connectivity index (χ2n) is 5.04. The molecule has 1 fully saturated rings. The van der Waals surface area contributed by atoms with Gasteiger partial charge in [0.25, 0.3) is 0 Å². The van der Waals surface area contributed by atoms with E-state index in [2.05, 4.69) is 0 Å². The molecule has 3 nitrogen and oxygen atoms in total. The van der Waals surface area contributed by atoms with Gasteiger partial charge in [-0.25, -0.2) is 0 Å². The van der Waals surface area contributed by atoms with Gasteiger partial charge in [-0.15, -0.1) is 0 Å². The Morgan fingerprint density at radius 2 is 1.89 bits per heavy atom. The number of halogens is 3. The summed E-state index contributed by atoms with van der Waals surface area (Å²) < 4.78 is 37.4. The molecular weight excluding hydrogens is 245 g/mol. The highest BCUT2D eigenvalue weighted by Crippen LogP contribution is 2.40. The van der Waals surface area contributed by atoms with Crippen LogP contribution in [0.1, 0.15) is 39.5 Å². The molecule has 18 heavy (non-hydrogen) atoms. The van der Waals surface area contributed by atoms with Crippen molar-refractivity contribution in [3.05, 3.63) is 0 Å². The molecule has 0 aromatic heterocycles. The van der Waals surface area contributed by atoms with E-state index in [9.17, 15) is 18.0 Å². The van der Waals surface area contributed by atoms with Crippen LogP contribution in [0.25, 0.3) is 0 Å². The number of nitrogens with zero attached hydrogens (tertiary/aromatic N) is 2. The van der Waals surface area contributed by atoms with Gasteiger partial charge < -0.3 is 4.90 Å². The van der Waals surface area contributed by atoms with Crippen molar-refractivity contribution in [3.63, 3.8) is 0 Å². The van der Waals surface area contributed by atoms with Gasteiger partial charge in [0.15, 0.2) is 0 Å². The minimum atomic E-state index is -4.44. The number of carbonyl (C=O) groups excluding carboxylic acids is 1. The smallest absolute Gasteiger partial charge is 0.330 e. The third-order valence-corrected chi connectivity index (χ3v) is 3.31. The molecule has 0 bridgehead atoms. The van der Waals surface area contributed by atoms with E-state index in [1.54, 1.807) is 0 Å². The largest absolute Gasteiger partial charge is 0.406 e. The zero-order chi connectivity index (χ0) is 14.0. The van der Waals surface area contributed by atoms with Crippen LogP contribution in [0.2, 0.25) is 0 Å². The molecule has 1 saturated carbocycles. The molecule has 0 aliphatic heterocycles. The van der Waals surface area contributed by atoms with E-state index in [0.29, 0.717) is 12.8 Å². The Kier molecular flexibility index (Phi) is 4.25. The van der Waals surface area contributed by atoms with E-state index in [1.807, 2.05) is 6.07 Å². The fourth-order valence-electron chi connectivity index (χ4n) is 2.31. The van der Waals surface area contributed by atoms with Crippen LogP contribution in [0, 0.1) is 16.7 Å². The molecule has 0 atom stereocenters. The zero-order valence-electron chi connectivity index (χ0n) is 10.5. The van der Waals surface area contributed by atoms with Crippen LogP contribution in [0.15, 0.2) is 0 Å². The first-order chi connectivity index (χ1) is 8.22. The number of amides is 1. The summed E-state index contributed by atoms with van der Waals surface area (Å²) in [5, 5.41) is 9.14. The Labute approximate surface area is 105 Å². The van der Waals surface area contributed by atoms with Crippen molar-refractivity contribution in [2.45, 2.75) is 51.7 Å². The van der Waals surface area contributed by atoms with Crippen LogP contribution in [-0.2, 0) is 4.79 Å². The molecule has 0 spiro atoms. The first-order valence-corrected chi connectivity index (χ1v) is 6.01. The second-order valence-corrected chi connectivity index (χ2v) is 5.04. The highest BCUT2D eigenvalue weighted by Gasteiger charge is 2.46. The van der Waals surface area contributed by atoms with E-state index in [0.717, 1.165) is 17.7 Å². The highest BCUT2D eigenvalue weighted by atomic mass is 19.4. The molecule has 1 aliphatic rings. The van der Waals surface area contributed by atoms with Gasteiger partial charge in [0, 0.05) is 6.04 Å². The number of nitriles is 1. The van der Waals surface area contributed by atoms with Crippen molar-refractivity contribution in [3.8, 4) is 6.07 Å². The maximum Gasteiger partial charge on any atom is 0.406 e. The highest BCUT2D eigenvalue weighted by molar-refractivity contribution is 5.86. The van der Waals surface area contributed by atoms with Gasteiger partial charge in [-0.05, 0) is 26.7 Å². The number of carbonyl (C=O) groups is 1. The lowest BCUT2D eigenvalue weighted by molar-refractivity contribution is -0.169. The SMILES string of the molecule is CC(C)N(CC(F)(F)F)C(=O)C1(C#N)CCCC1. The van der Waals surface area contributed by atoms with Crippen LogP contribution in [0.5, 0.6) is 0 Å². The molecule has 1 aliphatic carbocycles. The molecule has 0 unspecified atom stereocenters. The van der Waals surface area contributed by atoms with Crippen molar-refractivity contribution in [2.24, 2.45) is 5.41 Å². The van der Waals surface area contributed by atoms with E-state index < -0.39 is 30.1 Å². The molecule has 0 radical (unpaired) electrons. The number of rotatable bonds is 3. The van der Waals surface area contributed by atoms with Crippen LogP contribution in [-0.4, -0.2) is 29.6 Å². The molecule has 0 aromatic rings. The van der Waals surface area contributed by atoms with Crippen molar-refractivity contribution in [1.82, 2.24) is 4.90 Å². The summed E-state index contributed by atoms with van der Waals surface area (Å²) in [5.41, 5.74) is -1.24. The summed E-state index contributed by atoms with van der Waals surface area (Å²) >= 11 is 0. The molecule has 0 aromatic carbocycles. The lowest BCUT2D eigenvalue weighted by atomic mass is 9.86. The minimum Gasteiger partial charge on any atom is -0.330 e. The summed E-state index contributed by atoms with van der Waals surface area (Å²) in [6, 6.07) is 1.37. The Morgan fingerprint density at radius 1 is 1.39 bits per heavy atom. The maximum atomic E-state index is 12.5. The molecule has 102 valence electrons. The van der Waals surface area contributed by atoms with Gasteiger partial charge in [-0.3, -0.25) is 4.79 Å². The van der Waals surface area contributed by atoms with Gasteiger partial charge in [-0.1, -0.05) is 12.8 Å².